The Morgan fingerprint density at radius 2 is 1.91 bits per heavy atom. The number of aryl methyl sites for hydroxylation is 1. The molecule has 1 atom stereocenters. The predicted octanol–water partition coefficient (Wildman–Crippen LogP) is 4.07. The number of furan rings is 1. The number of hydrogen-bond acceptors (Lipinski definition) is 10. The Hall–Kier alpha value is -5.33. The minimum absolute atomic E-state index is 0.145. The quantitative estimate of drug-likeness (QED) is 0.184. The molecule has 1 aliphatic carbocycles. The molecule has 44 heavy (non-hydrogen) atoms. The summed E-state index contributed by atoms with van der Waals surface area (Å²) >= 11 is 0. The molecule has 0 saturated carbocycles. The maximum Gasteiger partial charge on any atom is 0.249 e. The Morgan fingerprint density at radius 1 is 1.09 bits per heavy atom. The van der Waals surface area contributed by atoms with Crippen molar-refractivity contribution in [2.75, 3.05) is 38.5 Å². The molecule has 2 aromatic heterocycles. The summed E-state index contributed by atoms with van der Waals surface area (Å²) in [4.78, 5) is 42.2. The van der Waals surface area contributed by atoms with Crippen molar-refractivity contribution in [1.82, 2.24) is 20.5 Å². The zero-order valence-corrected chi connectivity index (χ0v) is 24.9. The van der Waals surface area contributed by atoms with Crippen LogP contribution in [0.25, 0.3) is 22.7 Å². The number of H-pyrrole nitrogens is 1. The third-order valence-corrected chi connectivity index (χ3v) is 7.30. The van der Waals surface area contributed by atoms with Gasteiger partial charge in [0.25, 0.3) is 0 Å². The summed E-state index contributed by atoms with van der Waals surface area (Å²) in [6.07, 6.45) is 3.31. The molecule has 230 valence electrons. The van der Waals surface area contributed by atoms with E-state index in [1.807, 2.05) is 12.1 Å². The number of fused-ring (bicyclic) bond motifs is 3. The van der Waals surface area contributed by atoms with Crippen LogP contribution in [0.4, 0.5) is 11.6 Å². The number of amides is 2. The summed E-state index contributed by atoms with van der Waals surface area (Å²) < 4.78 is 22.3. The molecule has 2 aromatic carbocycles. The van der Waals surface area contributed by atoms with Gasteiger partial charge < -0.3 is 29.3 Å². The third kappa shape index (κ3) is 6.36. The minimum atomic E-state index is -0.405. The van der Waals surface area contributed by atoms with Crippen molar-refractivity contribution in [2.45, 2.75) is 38.6 Å². The van der Waals surface area contributed by atoms with Crippen LogP contribution >= 0.6 is 0 Å². The van der Waals surface area contributed by atoms with Crippen LogP contribution in [0.15, 0.2) is 51.9 Å². The van der Waals surface area contributed by atoms with Gasteiger partial charge in [-0.05, 0) is 66.3 Å². The van der Waals surface area contributed by atoms with Gasteiger partial charge in [0.2, 0.25) is 28.9 Å². The van der Waals surface area contributed by atoms with Gasteiger partial charge in [0.05, 0.1) is 39.3 Å². The van der Waals surface area contributed by atoms with E-state index in [1.54, 1.807) is 38.5 Å². The van der Waals surface area contributed by atoms with Crippen molar-refractivity contribution in [3.05, 3.63) is 64.0 Å². The first-order chi connectivity index (χ1) is 21.3. The number of aromatic nitrogens is 3. The van der Waals surface area contributed by atoms with E-state index in [2.05, 4.69) is 31.1 Å². The molecule has 4 N–H and O–H groups in total. The summed E-state index contributed by atoms with van der Waals surface area (Å²) in [5, 5.41) is 15.5. The minimum Gasteiger partial charge on any atom is -0.493 e. The maximum absolute atomic E-state index is 13.4. The number of carbonyl (C=O) groups excluding carboxylic acids is 2. The second-order valence-corrected chi connectivity index (χ2v) is 10.2. The molecule has 0 spiro atoms. The van der Waals surface area contributed by atoms with Gasteiger partial charge in [-0.1, -0.05) is 6.07 Å². The number of hydrogen-bond donors (Lipinski definition) is 4. The lowest BCUT2D eigenvalue weighted by atomic mass is 9.95. The van der Waals surface area contributed by atoms with E-state index in [1.165, 1.54) is 20.3 Å². The summed E-state index contributed by atoms with van der Waals surface area (Å²) in [6.45, 7) is 1.82. The highest BCUT2D eigenvalue weighted by Gasteiger charge is 2.29. The number of rotatable bonds is 11. The smallest absolute Gasteiger partial charge is 0.249 e. The van der Waals surface area contributed by atoms with E-state index >= 15 is 0 Å². The summed E-state index contributed by atoms with van der Waals surface area (Å²) in [7, 11) is 4.65. The molecular formula is C31H34N6O7. The number of aromatic amines is 1. The fourth-order valence-electron chi connectivity index (χ4n) is 5.35. The van der Waals surface area contributed by atoms with Gasteiger partial charge in [-0.25, -0.2) is 0 Å². The van der Waals surface area contributed by atoms with E-state index in [0.29, 0.717) is 65.9 Å². The van der Waals surface area contributed by atoms with Crippen LogP contribution < -0.4 is 35.6 Å². The first-order valence-electron chi connectivity index (χ1n) is 14.1. The van der Waals surface area contributed by atoms with Crippen molar-refractivity contribution < 1.29 is 28.2 Å². The average Bonchev–Trinajstić information content (AvgIpc) is 3.65. The molecule has 0 aliphatic heterocycles. The number of nitrogens with one attached hydrogen (secondary N) is 4. The van der Waals surface area contributed by atoms with Crippen LogP contribution in [0, 0.1) is 0 Å². The van der Waals surface area contributed by atoms with Crippen molar-refractivity contribution in [2.24, 2.45) is 0 Å². The molecular weight excluding hydrogens is 568 g/mol. The highest BCUT2D eigenvalue weighted by molar-refractivity contribution is 5.89. The van der Waals surface area contributed by atoms with Crippen LogP contribution in [0.2, 0.25) is 0 Å². The zero-order chi connectivity index (χ0) is 31.2. The molecule has 4 aromatic rings. The van der Waals surface area contributed by atoms with E-state index < -0.39 is 6.04 Å². The fourth-order valence-corrected chi connectivity index (χ4v) is 5.35. The lowest BCUT2D eigenvalue weighted by Gasteiger charge is -2.19. The SMILES string of the molecule is COc1cc2c(c(OC)c1OC)-c1ccc(NCCCC(=O)Nc3n[nH]c(-c4ccco4)n3)c(=O)cc1[C@@H](NC(C)=O)CC2. The highest BCUT2D eigenvalue weighted by atomic mass is 16.5. The average molecular weight is 603 g/mol. The maximum atomic E-state index is 13.4. The van der Waals surface area contributed by atoms with E-state index in [4.69, 9.17) is 18.6 Å². The molecule has 0 unspecified atom stereocenters. The summed E-state index contributed by atoms with van der Waals surface area (Å²) in [5.41, 5.74) is 3.23. The first-order valence-corrected chi connectivity index (χ1v) is 14.1. The number of ether oxygens (including phenoxy) is 3. The first kappa shape index (κ1) is 30.1. The van der Waals surface area contributed by atoms with Gasteiger partial charge in [0, 0.05) is 25.5 Å². The topological polar surface area (TPSA) is 170 Å². The van der Waals surface area contributed by atoms with Crippen molar-refractivity contribution in [3.8, 4) is 40.0 Å². The number of nitrogens with zero attached hydrogens (tertiary/aromatic N) is 2. The Bertz CT molecular complexity index is 1720. The Morgan fingerprint density at radius 3 is 2.61 bits per heavy atom. The van der Waals surface area contributed by atoms with Gasteiger partial charge in [-0.3, -0.25) is 24.8 Å². The number of benzene rings is 1. The van der Waals surface area contributed by atoms with Crippen molar-refractivity contribution in [3.63, 3.8) is 0 Å². The second-order valence-electron chi connectivity index (χ2n) is 10.2. The molecule has 13 heteroatoms. The molecule has 0 bridgehead atoms. The van der Waals surface area contributed by atoms with Crippen LogP contribution in [-0.4, -0.2) is 54.9 Å². The summed E-state index contributed by atoms with van der Waals surface area (Å²) in [5.74, 6) is 2.03. The van der Waals surface area contributed by atoms with Crippen LogP contribution in [0.3, 0.4) is 0 Å². The number of methoxy groups -OCH3 is 3. The largest absolute Gasteiger partial charge is 0.493 e. The van der Waals surface area contributed by atoms with Gasteiger partial charge in [0.1, 0.15) is 0 Å². The van der Waals surface area contributed by atoms with Gasteiger partial charge in [-0.2, -0.15) is 4.98 Å². The molecule has 2 amide bonds. The van der Waals surface area contributed by atoms with Crippen LogP contribution in [-0.2, 0) is 16.0 Å². The summed E-state index contributed by atoms with van der Waals surface area (Å²) in [6, 6.07) is 10.1. The normalized spacial score (nSPS) is 13.6. The van der Waals surface area contributed by atoms with E-state index in [0.717, 1.165) is 16.7 Å². The molecule has 13 nitrogen and oxygen atoms in total. The van der Waals surface area contributed by atoms with Crippen LogP contribution in [0.1, 0.15) is 43.4 Å². The lowest BCUT2D eigenvalue weighted by molar-refractivity contribution is -0.119. The zero-order valence-electron chi connectivity index (χ0n) is 24.9. The van der Waals surface area contributed by atoms with Crippen molar-refractivity contribution in [1.29, 1.82) is 0 Å². The molecule has 0 saturated heterocycles. The monoisotopic (exact) mass is 602 g/mol. The second kappa shape index (κ2) is 13.3. The number of anilines is 2. The fraction of sp³-hybridized carbons (Fsp3) is 0.323. The highest BCUT2D eigenvalue weighted by Crippen LogP contribution is 2.50. The van der Waals surface area contributed by atoms with E-state index in [-0.39, 0.29) is 29.6 Å². The standard InChI is InChI=1S/C31H34N6O7/c1-17(38)33-21-11-9-18-15-25(41-2)28(42-3)29(43-4)27(18)19-10-12-22(23(39)16-20(19)21)32-13-5-8-26(40)34-31-35-30(36-37-31)24-7-6-14-44-24/h6-7,10,12,14-16,21H,5,8-9,11,13H2,1-4H3,(H,32,39)(H,33,38)(H2,34,35,36,37,40)/t21-/m0/s1. The van der Waals surface area contributed by atoms with Crippen LogP contribution in [0.5, 0.6) is 17.2 Å². The predicted molar refractivity (Wildman–Crippen MR) is 163 cm³/mol. The number of carbonyl (C=O) groups is 2. The van der Waals surface area contributed by atoms with Gasteiger partial charge in [-0.15, -0.1) is 5.10 Å². The molecule has 0 radical (unpaired) electrons. The lowest BCUT2D eigenvalue weighted by Crippen LogP contribution is -2.26. The van der Waals surface area contributed by atoms with E-state index in [9.17, 15) is 14.4 Å². The third-order valence-electron chi connectivity index (χ3n) is 7.30. The molecule has 2 heterocycles. The molecule has 1 aliphatic rings. The molecule has 0 fully saturated rings. The Balaban J connectivity index is 1.36. The van der Waals surface area contributed by atoms with Crippen molar-refractivity contribution >= 4 is 23.5 Å². The van der Waals surface area contributed by atoms with Gasteiger partial charge >= 0.3 is 0 Å². The van der Waals surface area contributed by atoms with Gasteiger partial charge in [0.15, 0.2) is 23.1 Å². The Kier molecular flexibility index (Phi) is 9.12. The Labute approximate surface area is 253 Å². The molecule has 5 rings (SSSR count).